The van der Waals surface area contributed by atoms with E-state index in [4.69, 9.17) is 0 Å². The normalized spacial score (nSPS) is 14.3. The van der Waals surface area contributed by atoms with Gasteiger partial charge >= 0.3 is 0 Å². The third-order valence-electron chi connectivity index (χ3n) is 3.09. The van der Waals surface area contributed by atoms with Crippen LogP contribution in [-0.4, -0.2) is 34.6 Å². The second-order valence-electron chi connectivity index (χ2n) is 5.21. The van der Waals surface area contributed by atoms with Crippen LogP contribution < -0.4 is 0 Å². The first kappa shape index (κ1) is 15.6. The number of hydrogen-bond acceptors (Lipinski definition) is 2. The van der Waals surface area contributed by atoms with Crippen molar-refractivity contribution in [1.82, 2.24) is 4.90 Å². The smallest absolute Gasteiger partial charge is 0.230 e. The number of rotatable bonds is 5. The van der Waals surface area contributed by atoms with Crippen molar-refractivity contribution in [2.75, 3.05) is 6.54 Å². The van der Waals surface area contributed by atoms with Gasteiger partial charge in [0.25, 0.3) is 0 Å². The monoisotopic (exact) mass is 267 g/mol. The zero-order valence-corrected chi connectivity index (χ0v) is 11.9. The van der Waals surface area contributed by atoms with Crippen molar-refractivity contribution in [2.24, 2.45) is 0 Å². The molecule has 0 aromatic heterocycles. The predicted molar refractivity (Wildman–Crippen MR) is 73.3 cm³/mol. The zero-order chi connectivity index (χ0) is 14.6. The molecule has 0 saturated carbocycles. The van der Waals surface area contributed by atoms with Crippen molar-refractivity contribution < 1.29 is 14.3 Å². The van der Waals surface area contributed by atoms with Crippen molar-refractivity contribution in [2.45, 2.75) is 45.8 Å². The summed E-state index contributed by atoms with van der Waals surface area (Å²) in [6.45, 7) is 7.50. The molecule has 1 aromatic rings. The summed E-state index contributed by atoms with van der Waals surface area (Å²) in [5, 5.41) is 9.46. The van der Waals surface area contributed by atoms with E-state index < -0.39 is 12.0 Å². The summed E-state index contributed by atoms with van der Waals surface area (Å²) in [5.74, 6) is -0.859. The van der Waals surface area contributed by atoms with Crippen LogP contribution in [0, 0.1) is 5.82 Å². The molecule has 0 radical (unpaired) electrons. The SMILES string of the molecule is CC(O)CN(C(=O)C(C)c1cccc(F)c1)C(C)C. The van der Waals surface area contributed by atoms with Crippen LogP contribution in [-0.2, 0) is 4.79 Å². The number of hydrogen-bond donors (Lipinski definition) is 1. The Balaban J connectivity index is 2.90. The lowest BCUT2D eigenvalue weighted by Gasteiger charge is -2.30. The van der Waals surface area contributed by atoms with Crippen LogP contribution in [0.5, 0.6) is 0 Å². The molecule has 0 aliphatic carbocycles. The van der Waals surface area contributed by atoms with Gasteiger partial charge < -0.3 is 10.0 Å². The number of benzene rings is 1. The third-order valence-corrected chi connectivity index (χ3v) is 3.09. The minimum atomic E-state index is -0.578. The molecule has 4 heteroatoms. The molecule has 0 heterocycles. The van der Waals surface area contributed by atoms with E-state index in [0.717, 1.165) is 0 Å². The molecule has 19 heavy (non-hydrogen) atoms. The maximum atomic E-state index is 13.2. The quantitative estimate of drug-likeness (QED) is 0.890. The summed E-state index contributed by atoms with van der Waals surface area (Å²) < 4.78 is 13.2. The molecule has 2 atom stereocenters. The topological polar surface area (TPSA) is 40.5 Å². The molecule has 1 aromatic carbocycles. The van der Waals surface area contributed by atoms with Crippen LogP contribution >= 0.6 is 0 Å². The van der Waals surface area contributed by atoms with Crippen LogP contribution in [0.1, 0.15) is 39.2 Å². The highest BCUT2D eigenvalue weighted by atomic mass is 19.1. The molecule has 0 saturated heterocycles. The number of amides is 1. The Morgan fingerprint density at radius 3 is 2.42 bits per heavy atom. The predicted octanol–water partition coefficient (Wildman–Crippen LogP) is 2.55. The van der Waals surface area contributed by atoms with Gasteiger partial charge in [-0.3, -0.25) is 4.79 Å². The maximum Gasteiger partial charge on any atom is 0.230 e. The fraction of sp³-hybridized carbons (Fsp3) is 0.533. The van der Waals surface area contributed by atoms with Crippen molar-refractivity contribution in [3.63, 3.8) is 0 Å². The van der Waals surface area contributed by atoms with Crippen molar-refractivity contribution >= 4 is 5.91 Å². The molecule has 2 unspecified atom stereocenters. The lowest BCUT2D eigenvalue weighted by molar-refractivity contribution is -0.135. The first-order chi connectivity index (χ1) is 8.82. The highest BCUT2D eigenvalue weighted by Crippen LogP contribution is 2.20. The molecule has 0 aliphatic rings. The van der Waals surface area contributed by atoms with Gasteiger partial charge in [0.1, 0.15) is 5.82 Å². The highest BCUT2D eigenvalue weighted by Gasteiger charge is 2.25. The second-order valence-corrected chi connectivity index (χ2v) is 5.21. The van der Waals surface area contributed by atoms with Crippen molar-refractivity contribution in [3.05, 3.63) is 35.6 Å². The molecule has 0 aliphatic heterocycles. The fourth-order valence-electron chi connectivity index (χ4n) is 2.01. The van der Waals surface area contributed by atoms with Gasteiger partial charge in [-0.05, 0) is 45.4 Å². The molecule has 0 bridgehead atoms. The van der Waals surface area contributed by atoms with Crippen molar-refractivity contribution in [3.8, 4) is 0 Å². The van der Waals surface area contributed by atoms with Crippen LogP contribution in [0.4, 0.5) is 4.39 Å². The van der Waals surface area contributed by atoms with E-state index in [2.05, 4.69) is 0 Å². The molecule has 0 fully saturated rings. The molecule has 106 valence electrons. The minimum Gasteiger partial charge on any atom is -0.392 e. The van der Waals surface area contributed by atoms with Gasteiger partial charge in [0.2, 0.25) is 5.91 Å². The number of carbonyl (C=O) groups is 1. The highest BCUT2D eigenvalue weighted by molar-refractivity contribution is 5.83. The summed E-state index contributed by atoms with van der Waals surface area (Å²) in [5.41, 5.74) is 0.654. The van der Waals surface area contributed by atoms with Crippen LogP contribution in [0.15, 0.2) is 24.3 Å². The number of aliphatic hydroxyl groups excluding tert-OH is 1. The number of carbonyl (C=O) groups excluding carboxylic acids is 1. The second kappa shape index (κ2) is 6.66. The van der Waals surface area contributed by atoms with E-state index in [1.54, 1.807) is 30.9 Å². The van der Waals surface area contributed by atoms with E-state index in [0.29, 0.717) is 5.56 Å². The molecule has 1 N–H and O–H groups in total. The van der Waals surface area contributed by atoms with Gasteiger partial charge in [-0.25, -0.2) is 4.39 Å². The number of nitrogens with zero attached hydrogens (tertiary/aromatic N) is 1. The average Bonchev–Trinajstić information content (AvgIpc) is 2.33. The standard InChI is InChI=1S/C15H22FNO2/c1-10(2)17(9-11(3)18)15(19)12(4)13-6-5-7-14(16)8-13/h5-8,10-12,18H,9H2,1-4H3. The summed E-state index contributed by atoms with van der Waals surface area (Å²) in [4.78, 5) is 14.0. The van der Waals surface area contributed by atoms with Crippen LogP contribution in [0.3, 0.4) is 0 Å². The summed E-state index contributed by atoms with van der Waals surface area (Å²) >= 11 is 0. The zero-order valence-electron chi connectivity index (χ0n) is 11.9. The Labute approximate surface area is 114 Å². The molecular formula is C15H22FNO2. The Morgan fingerprint density at radius 1 is 1.32 bits per heavy atom. The van der Waals surface area contributed by atoms with E-state index in [9.17, 15) is 14.3 Å². The molecular weight excluding hydrogens is 245 g/mol. The third kappa shape index (κ3) is 4.31. The molecule has 1 rings (SSSR count). The Bertz CT molecular complexity index is 432. The lowest BCUT2D eigenvalue weighted by Crippen LogP contribution is -2.43. The maximum absolute atomic E-state index is 13.2. The molecule has 0 spiro atoms. The fourth-order valence-corrected chi connectivity index (χ4v) is 2.01. The van der Waals surface area contributed by atoms with Gasteiger partial charge in [-0.15, -0.1) is 0 Å². The van der Waals surface area contributed by atoms with Gasteiger partial charge in [-0.2, -0.15) is 0 Å². The van der Waals surface area contributed by atoms with Gasteiger partial charge in [0.15, 0.2) is 0 Å². The Morgan fingerprint density at radius 2 is 1.95 bits per heavy atom. The largest absolute Gasteiger partial charge is 0.392 e. The minimum absolute atomic E-state index is 0.00175. The Kier molecular flexibility index (Phi) is 5.48. The van der Waals surface area contributed by atoms with E-state index >= 15 is 0 Å². The van der Waals surface area contributed by atoms with E-state index in [-0.39, 0.29) is 24.3 Å². The van der Waals surface area contributed by atoms with Crippen molar-refractivity contribution in [1.29, 1.82) is 0 Å². The lowest BCUT2D eigenvalue weighted by atomic mass is 9.99. The molecule has 1 amide bonds. The summed E-state index contributed by atoms with van der Waals surface area (Å²) in [6.07, 6.45) is -0.578. The van der Waals surface area contributed by atoms with Gasteiger partial charge in [-0.1, -0.05) is 12.1 Å². The van der Waals surface area contributed by atoms with Gasteiger partial charge in [0.05, 0.1) is 12.0 Å². The van der Waals surface area contributed by atoms with E-state index in [1.165, 1.54) is 12.1 Å². The first-order valence-corrected chi connectivity index (χ1v) is 6.57. The van der Waals surface area contributed by atoms with Gasteiger partial charge in [0, 0.05) is 12.6 Å². The average molecular weight is 267 g/mol. The Hall–Kier alpha value is -1.42. The number of aliphatic hydroxyl groups is 1. The summed E-state index contributed by atoms with van der Waals surface area (Å²) in [7, 11) is 0. The van der Waals surface area contributed by atoms with Crippen LogP contribution in [0.2, 0.25) is 0 Å². The number of halogens is 1. The van der Waals surface area contributed by atoms with E-state index in [1.807, 2.05) is 13.8 Å². The first-order valence-electron chi connectivity index (χ1n) is 6.57. The summed E-state index contributed by atoms with van der Waals surface area (Å²) in [6, 6.07) is 6.08. The van der Waals surface area contributed by atoms with Crippen LogP contribution in [0.25, 0.3) is 0 Å². The molecule has 3 nitrogen and oxygen atoms in total.